The molecule has 0 spiro atoms. The Morgan fingerprint density at radius 3 is 2.38 bits per heavy atom. The number of carbonyl (C=O) groups excluding carboxylic acids is 2. The topological polar surface area (TPSA) is 138 Å². The second-order valence-corrected chi connectivity index (χ2v) is 11.2. The smallest absolute Gasteiger partial charge is 0.350 e. The number of carboxylic acid groups (broad SMARTS) is 1. The Kier molecular flexibility index (Phi) is 6.48. The Balaban J connectivity index is 1.82. The summed E-state index contributed by atoms with van der Waals surface area (Å²) in [6.07, 6.45) is 2.75. The molecule has 214 valence electrons. The van der Waals surface area contributed by atoms with E-state index in [4.69, 9.17) is 14.7 Å². The van der Waals surface area contributed by atoms with Crippen molar-refractivity contribution in [2.75, 3.05) is 0 Å². The summed E-state index contributed by atoms with van der Waals surface area (Å²) in [4.78, 5) is 54.8. The van der Waals surface area contributed by atoms with Gasteiger partial charge in [0.05, 0.1) is 28.2 Å². The minimum Gasteiger partial charge on any atom is -0.481 e. The first kappa shape index (κ1) is 27.4. The van der Waals surface area contributed by atoms with Crippen molar-refractivity contribution < 1.29 is 24.2 Å². The van der Waals surface area contributed by atoms with Gasteiger partial charge in [0.25, 0.3) is 0 Å². The van der Waals surface area contributed by atoms with Gasteiger partial charge in [-0.1, -0.05) is 26.5 Å². The lowest BCUT2D eigenvalue weighted by Crippen LogP contribution is -2.21. The number of cyclic esters (lactones) is 2. The Morgan fingerprint density at radius 1 is 1.00 bits per heavy atom. The van der Waals surface area contributed by atoms with E-state index in [1.165, 1.54) is 0 Å². The highest BCUT2D eigenvalue weighted by molar-refractivity contribution is 6.18. The summed E-state index contributed by atoms with van der Waals surface area (Å²) in [6, 6.07) is 5.88. The fourth-order valence-corrected chi connectivity index (χ4v) is 6.49. The van der Waals surface area contributed by atoms with Crippen LogP contribution in [0.4, 0.5) is 0 Å². The molecule has 3 N–H and O–H groups in total. The fraction of sp³-hybridized carbons (Fsp3) is 0.303. The Labute approximate surface area is 242 Å². The quantitative estimate of drug-likeness (QED) is 0.224. The second kappa shape index (κ2) is 9.94. The summed E-state index contributed by atoms with van der Waals surface area (Å²) in [5.74, 6) is -3.03. The van der Waals surface area contributed by atoms with Crippen molar-refractivity contribution in [3.63, 3.8) is 0 Å². The minimum absolute atomic E-state index is 0.0939. The fourth-order valence-electron chi connectivity index (χ4n) is 6.49. The summed E-state index contributed by atoms with van der Waals surface area (Å²) in [6.45, 7) is 14.0. The van der Waals surface area contributed by atoms with Crippen LogP contribution in [0.15, 0.2) is 24.8 Å². The average molecular weight is 565 g/mol. The highest BCUT2D eigenvalue weighted by Crippen LogP contribution is 2.43. The number of carbonyl (C=O) groups is 3. The summed E-state index contributed by atoms with van der Waals surface area (Å²) >= 11 is 0. The van der Waals surface area contributed by atoms with Crippen LogP contribution in [-0.4, -0.2) is 43.0 Å². The maximum atomic E-state index is 13.4. The van der Waals surface area contributed by atoms with Gasteiger partial charge in [0, 0.05) is 46.1 Å². The molecule has 0 fully saturated rings. The van der Waals surface area contributed by atoms with Gasteiger partial charge in [-0.2, -0.15) is 0 Å². The lowest BCUT2D eigenvalue weighted by atomic mass is 9.85. The standard InChI is InChI=1S/C33H32N4O5/c1-7-18-14(3)21-11-23-16(5)20(9-10-27(38)39)30(36-23)29-31-28(32(40)42-33(29)41)17(6)24(37-31)13-26-19(8-2)15(4)22(35-26)12-25(18)34-21/h7,11-13,16,20,34,37H,1,8-10H2,2-6H3,(H,38,39)/t16-,20?/m0/s1. The molecule has 0 aromatic carbocycles. The SMILES string of the molecule is C=Cc1c(C)c2cc3nc(c4c5[nH]c(cc6nc(cc1[nH]2)C(C)=C6CC)c(C)c5C(=O)OC4=O)C(CCC(=O)O)[C@@H]3C. The van der Waals surface area contributed by atoms with Crippen LogP contribution in [0.1, 0.15) is 112 Å². The van der Waals surface area contributed by atoms with Gasteiger partial charge in [-0.15, -0.1) is 0 Å². The number of aliphatic carboxylic acids is 1. The molecule has 0 saturated heterocycles. The number of hydrogen-bond acceptors (Lipinski definition) is 6. The molecule has 3 aliphatic rings. The lowest BCUT2D eigenvalue weighted by Gasteiger charge is -2.18. The molecule has 42 heavy (non-hydrogen) atoms. The van der Waals surface area contributed by atoms with Crippen LogP contribution in [0.25, 0.3) is 39.3 Å². The van der Waals surface area contributed by atoms with Crippen molar-refractivity contribution >= 4 is 57.2 Å². The first-order valence-electron chi connectivity index (χ1n) is 14.1. The number of H-pyrrole nitrogens is 2. The number of allylic oxidation sites excluding steroid dienone is 2. The molecule has 9 nitrogen and oxygen atoms in total. The van der Waals surface area contributed by atoms with E-state index in [0.29, 0.717) is 28.0 Å². The summed E-state index contributed by atoms with van der Waals surface area (Å²) in [5.41, 5.74) is 10.6. The summed E-state index contributed by atoms with van der Waals surface area (Å²) < 4.78 is 5.25. The number of rotatable bonds is 5. The molecule has 1 unspecified atom stereocenters. The van der Waals surface area contributed by atoms with Crippen LogP contribution in [0.3, 0.4) is 0 Å². The number of aromatic nitrogens is 4. The lowest BCUT2D eigenvalue weighted by molar-refractivity contribution is -0.137. The van der Waals surface area contributed by atoms with Gasteiger partial charge in [0.1, 0.15) is 5.56 Å². The first-order chi connectivity index (χ1) is 20.0. The van der Waals surface area contributed by atoms with Crippen molar-refractivity contribution in [3.05, 3.63) is 75.4 Å². The second-order valence-electron chi connectivity index (χ2n) is 11.2. The molecule has 0 radical (unpaired) electrons. The molecule has 3 aromatic rings. The van der Waals surface area contributed by atoms with E-state index in [9.17, 15) is 19.5 Å². The van der Waals surface area contributed by atoms with Crippen molar-refractivity contribution in [2.45, 2.75) is 65.7 Å². The van der Waals surface area contributed by atoms with Gasteiger partial charge >= 0.3 is 17.9 Å². The maximum absolute atomic E-state index is 13.4. The molecule has 3 aliphatic heterocycles. The van der Waals surface area contributed by atoms with Crippen LogP contribution >= 0.6 is 0 Å². The Bertz CT molecular complexity index is 1940. The van der Waals surface area contributed by atoms with Crippen molar-refractivity contribution in [1.29, 1.82) is 0 Å². The number of nitrogens with zero attached hydrogens (tertiary/aromatic N) is 2. The number of esters is 2. The third kappa shape index (κ3) is 4.10. The number of aryl methyl sites for hydroxylation is 2. The van der Waals surface area contributed by atoms with E-state index in [2.05, 4.69) is 30.4 Å². The van der Waals surface area contributed by atoms with E-state index < -0.39 is 17.9 Å². The average Bonchev–Trinajstić information content (AvgIpc) is 3.61. The normalized spacial score (nSPS) is 17.9. The molecular formula is C33H32N4O5. The van der Waals surface area contributed by atoms with E-state index in [1.807, 2.05) is 45.0 Å². The van der Waals surface area contributed by atoms with Gasteiger partial charge in [-0.05, 0) is 74.1 Å². The minimum atomic E-state index is -0.934. The van der Waals surface area contributed by atoms with Crippen LogP contribution in [-0.2, 0) is 9.53 Å². The van der Waals surface area contributed by atoms with Crippen LogP contribution in [0, 0.1) is 13.8 Å². The zero-order chi connectivity index (χ0) is 30.0. The predicted octanol–water partition coefficient (Wildman–Crippen LogP) is 6.98. The predicted molar refractivity (Wildman–Crippen MR) is 161 cm³/mol. The summed E-state index contributed by atoms with van der Waals surface area (Å²) in [7, 11) is 0. The van der Waals surface area contributed by atoms with E-state index >= 15 is 0 Å². The molecule has 2 atom stereocenters. The molecule has 0 amide bonds. The van der Waals surface area contributed by atoms with Crippen molar-refractivity contribution in [1.82, 2.24) is 19.9 Å². The number of aromatic amines is 2. The van der Waals surface area contributed by atoms with Crippen LogP contribution in [0.5, 0.6) is 0 Å². The molecule has 6 heterocycles. The monoisotopic (exact) mass is 564 g/mol. The van der Waals surface area contributed by atoms with Crippen LogP contribution in [0.2, 0.25) is 0 Å². The van der Waals surface area contributed by atoms with E-state index in [0.717, 1.165) is 51.1 Å². The number of fused-ring (bicyclic) bond motifs is 8. The van der Waals surface area contributed by atoms with Gasteiger partial charge in [-0.3, -0.25) is 9.78 Å². The third-order valence-corrected chi connectivity index (χ3v) is 8.90. The molecule has 9 heteroatoms. The number of hydrogen-bond donors (Lipinski definition) is 3. The van der Waals surface area contributed by atoms with Gasteiger partial charge in [0.15, 0.2) is 0 Å². The van der Waals surface area contributed by atoms with Gasteiger partial charge in [-0.25, -0.2) is 14.6 Å². The highest BCUT2D eigenvalue weighted by atomic mass is 16.6. The number of carboxylic acids is 1. The van der Waals surface area contributed by atoms with Crippen molar-refractivity contribution in [3.8, 4) is 0 Å². The Morgan fingerprint density at radius 2 is 1.69 bits per heavy atom. The highest BCUT2D eigenvalue weighted by Gasteiger charge is 2.38. The molecule has 8 bridgehead atoms. The zero-order valence-electron chi connectivity index (χ0n) is 24.3. The van der Waals surface area contributed by atoms with Crippen LogP contribution < -0.4 is 0 Å². The van der Waals surface area contributed by atoms with Gasteiger partial charge in [0.2, 0.25) is 0 Å². The molecule has 3 aromatic heterocycles. The van der Waals surface area contributed by atoms with E-state index in [1.54, 1.807) is 0 Å². The Hall–Kier alpha value is -4.79. The maximum Gasteiger partial charge on any atom is 0.350 e. The first-order valence-corrected chi connectivity index (χ1v) is 14.1. The molecular weight excluding hydrogens is 532 g/mol. The number of nitrogens with one attached hydrogen (secondary N) is 2. The third-order valence-electron chi connectivity index (χ3n) is 8.90. The van der Waals surface area contributed by atoms with Crippen molar-refractivity contribution in [2.24, 2.45) is 0 Å². The van der Waals surface area contributed by atoms with E-state index in [-0.39, 0.29) is 35.8 Å². The van der Waals surface area contributed by atoms with Gasteiger partial charge < -0.3 is 19.8 Å². The summed E-state index contributed by atoms with van der Waals surface area (Å²) in [5, 5.41) is 9.50. The number of ether oxygens (including phenoxy) is 1. The molecule has 0 aliphatic carbocycles. The zero-order valence-corrected chi connectivity index (χ0v) is 24.3. The molecule has 0 saturated carbocycles. The molecule has 6 rings (SSSR count). The largest absolute Gasteiger partial charge is 0.481 e.